The fraction of sp³-hybridized carbons (Fsp3) is 0.208. The maximum absolute atomic E-state index is 10.2. The molecule has 0 heterocycles. The van der Waals surface area contributed by atoms with Crippen LogP contribution in [0.15, 0.2) is 89.4 Å². The maximum Gasteiger partial charge on any atom is 0.303 e. The zero-order chi connectivity index (χ0) is 20.9. The van der Waals surface area contributed by atoms with Gasteiger partial charge in [-0.15, -0.1) is 0 Å². The van der Waals surface area contributed by atoms with Gasteiger partial charge in [0.1, 0.15) is 11.9 Å². The number of hydrogen-bond donors (Lipinski definition) is 2. The molecule has 0 amide bonds. The molecule has 5 heteroatoms. The lowest BCUT2D eigenvalue weighted by atomic mass is 10.1. The van der Waals surface area contributed by atoms with Gasteiger partial charge in [-0.2, -0.15) is 0 Å². The van der Waals surface area contributed by atoms with E-state index in [1.54, 1.807) is 0 Å². The molecule has 152 valence electrons. The minimum absolute atomic E-state index is 0.00472. The van der Waals surface area contributed by atoms with E-state index < -0.39 is 5.97 Å². The fourth-order valence-electron chi connectivity index (χ4n) is 2.70. The molecule has 0 bridgehead atoms. The van der Waals surface area contributed by atoms with Crippen molar-refractivity contribution in [1.29, 1.82) is 0 Å². The summed E-state index contributed by atoms with van der Waals surface area (Å²) < 4.78 is 7.01. The highest BCUT2D eigenvalue weighted by Crippen LogP contribution is 2.30. The van der Waals surface area contributed by atoms with Crippen LogP contribution in [-0.4, -0.2) is 17.6 Å². The summed E-state index contributed by atoms with van der Waals surface area (Å²) in [5.41, 5.74) is 7.90. The predicted molar refractivity (Wildman–Crippen MR) is 120 cm³/mol. The highest BCUT2D eigenvalue weighted by Gasteiger charge is 2.13. The van der Waals surface area contributed by atoms with E-state index in [0.29, 0.717) is 13.0 Å². The lowest BCUT2D eigenvalue weighted by molar-refractivity contribution is -0.136. The maximum atomic E-state index is 10.2. The molecule has 0 radical (unpaired) electrons. The fourth-order valence-corrected chi connectivity index (χ4v) is 3.08. The van der Waals surface area contributed by atoms with Crippen LogP contribution in [0, 0.1) is 0 Å². The van der Waals surface area contributed by atoms with E-state index in [-0.39, 0.29) is 12.5 Å². The Bertz CT molecular complexity index is 856. The van der Waals surface area contributed by atoms with Crippen LogP contribution in [0.3, 0.4) is 0 Å². The third-order valence-corrected chi connectivity index (χ3v) is 4.83. The summed E-state index contributed by atoms with van der Waals surface area (Å²) in [6.07, 6.45) is 1.63. The second kappa shape index (κ2) is 12.8. The molecule has 0 aromatic heterocycles. The van der Waals surface area contributed by atoms with Crippen molar-refractivity contribution >= 4 is 21.9 Å². The van der Waals surface area contributed by atoms with Crippen molar-refractivity contribution in [3.63, 3.8) is 0 Å². The third-order valence-electron chi connectivity index (χ3n) is 4.18. The number of benzene rings is 3. The summed E-state index contributed by atoms with van der Waals surface area (Å²) in [6, 6.07) is 27.6. The van der Waals surface area contributed by atoms with Crippen LogP contribution in [0.1, 0.15) is 30.1 Å². The summed E-state index contributed by atoms with van der Waals surface area (Å²) in [5, 5.41) is 8.37. The Morgan fingerprint density at radius 1 is 0.931 bits per heavy atom. The number of nitrogens with two attached hydrogens (primary N) is 1. The standard InChI is InChI=1S/C15H16BrNO.C9H10O2/c16-13-8-4-5-9-15(13)18-14(10-11-17)12-6-2-1-3-7-12;10-9(11)7-6-8-4-2-1-3-5-8/h1-9,14H,10-11,17H2;1-5H,6-7H2,(H,10,11). The van der Waals surface area contributed by atoms with E-state index in [0.717, 1.165) is 27.8 Å². The molecule has 0 saturated heterocycles. The van der Waals surface area contributed by atoms with Gasteiger partial charge in [-0.1, -0.05) is 72.8 Å². The monoisotopic (exact) mass is 455 g/mol. The van der Waals surface area contributed by atoms with Crippen LogP contribution in [0.4, 0.5) is 0 Å². The van der Waals surface area contributed by atoms with Crippen molar-refractivity contribution in [2.45, 2.75) is 25.4 Å². The Morgan fingerprint density at radius 3 is 2.10 bits per heavy atom. The van der Waals surface area contributed by atoms with Crippen LogP contribution in [-0.2, 0) is 11.2 Å². The van der Waals surface area contributed by atoms with E-state index in [1.807, 2.05) is 72.8 Å². The summed E-state index contributed by atoms with van der Waals surface area (Å²) >= 11 is 3.49. The molecule has 0 saturated carbocycles. The summed E-state index contributed by atoms with van der Waals surface area (Å²) in [7, 11) is 0. The normalized spacial score (nSPS) is 11.1. The van der Waals surface area contributed by atoms with Gasteiger partial charge >= 0.3 is 5.97 Å². The Hall–Kier alpha value is -2.63. The number of para-hydroxylation sites is 1. The molecular weight excluding hydrogens is 430 g/mol. The van der Waals surface area contributed by atoms with Gasteiger partial charge in [0.15, 0.2) is 0 Å². The average Bonchev–Trinajstić information content (AvgIpc) is 2.75. The molecule has 3 aromatic carbocycles. The molecule has 1 atom stereocenters. The van der Waals surface area contributed by atoms with Crippen LogP contribution in [0.2, 0.25) is 0 Å². The number of carboxylic acid groups (broad SMARTS) is 1. The first-order chi connectivity index (χ1) is 14.1. The number of carboxylic acids is 1. The number of carbonyl (C=O) groups is 1. The summed E-state index contributed by atoms with van der Waals surface area (Å²) in [4.78, 5) is 10.2. The molecule has 3 aromatic rings. The van der Waals surface area contributed by atoms with E-state index in [2.05, 4.69) is 28.1 Å². The molecule has 3 N–H and O–H groups in total. The van der Waals surface area contributed by atoms with E-state index in [1.165, 1.54) is 0 Å². The number of aliphatic carboxylic acids is 1. The van der Waals surface area contributed by atoms with Gasteiger partial charge in [0, 0.05) is 12.8 Å². The van der Waals surface area contributed by atoms with Crippen molar-refractivity contribution < 1.29 is 14.6 Å². The molecule has 0 aliphatic heterocycles. The van der Waals surface area contributed by atoms with Crippen molar-refractivity contribution in [1.82, 2.24) is 0 Å². The smallest absolute Gasteiger partial charge is 0.303 e. The van der Waals surface area contributed by atoms with Gasteiger partial charge < -0.3 is 15.6 Å². The molecule has 0 aliphatic carbocycles. The predicted octanol–water partition coefficient (Wildman–Crippen LogP) is 5.62. The minimum Gasteiger partial charge on any atom is -0.485 e. The molecule has 0 aliphatic rings. The van der Waals surface area contributed by atoms with Crippen molar-refractivity contribution in [2.24, 2.45) is 5.73 Å². The molecule has 29 heavy (non-hydrogen) atoms. The Labute approximate surface area is 180 Å². The first-order valence-corrected chi connectivity index (χ1v) is 10.3. The summed E-state index contributed by atoms with van der Waals surface area (Å²) in [6.45, 7) is 0.601. The third kappa shape index (κ3) is 8.50. The Balaban J connectivity index is 0.000000234. The molecular formula is C24H26BrNO3. The van der Waals surface area contributed by atoms with Gasteiger partial charge in [0.2, 0.25) is 0 Å². The lowest BCUT2D eigenvalue weighted by Crippen LogP contribution is -2.13. The van der Waals surface area contributed by atoms with Crippen LogP contribution in [0.25, 0.3) is 0 Å². The minimum atomic E-state index is -0.742. The molecule has 3 rings (SSSR count). The highest BCUT2D eigenvalue weighted by atomic mass is 79.9. The van der Waals surface area contributed by atoms with Crippen molar-refractivity contribution in [2.75, 3.05) is 6.54 Å². The first kappa shape index (κ1) is 22.7. The number of ether oxygens (including phenoxy) is 1. The van der Waals surface area contributed by atoms with Crippen LogP contribution >= 0.6 is 15.9 Å². The molecule has 0 spiro atoms. The Morgan fingerprint density at radius 2 is 1.52 bits per heavy atom. The number of hydrogen-bond acceptors (Lipinski definition) is 3. The van der Waals surface area contributed by atoms with Gasteiger partial charge in [-0.05, 0) is 52.2 Å². The topological polar surface area (TPSA) is 72.5 Å². The summed E-state index contributed by atoms with van der Waals surface area (Å²) in [5.74, 6) is 0.105. The lowest BCUT2D eigenvalue weighted by Gasteiger charge is -2.19. The van der Waals surface area contributed by atoms with Gasteiger partial charge in [0.05, 0.1) is 4.47 Å². The Kier molecular flexibility index (Phi) is 9.96. The van der Waals surface area contributed by atoms with Gasteiger partial charge in [-0.25, -0.2) is 0 Å². The number of aryl methyl sites for hydroxylation is 1. The average molecular weight is 456 g/mol. The van der Waals surface area contributed by atoms with Crippen LogP contribution in [0.5, 0.6) is 5.75 Å². The zero-order valence-electron chi connectivity index (χ0n) is 16.2. The first-order valence-electron chi connectivity index (χ1n) is 9.52. The zero-order valence-corrected chi connectivity index (χ0v) is 17.8. The second-order valence-electron chi connectivity index (χ2n) is 6.40. The van der Waals surface area contributed by atoms with Gasteiger partial charge in [-0.3, -0.25) is 4.79 Å². The number of rotatable bonds is 8. The highest BCUT2D eigenvalue weighted by molar-refractivity contribution is 9.10. The van der Waals surface area contributed by atoms with Crippen molar-refractivity contribution in [3.8, 4) is 5.75 Å². The van der Waals surface area contributed by atoms with E-state index >= 15 is 0 Å². The largest absolute Gasteiger partial charge is 0.485 e. The van der Waals surface area contributed by atoms with E-state index in [9.17, 15) is 4.79 Å². The van der Waals surface area contributed by atoms with E-state index in [4.69, 9.17) is 15.6 Å². The number of halogens is 1. The quantitative estimate of drug-likeness (QED) is 0.462. The molecule has 4 nitrogen and oxygen atoms in total. The molecule has 0 fully saturated rings. The van der Waals surface area contributed by atoms with Gasteiger partial charge in [0.25, 0.3) is 0 Å². The second-order valence-corrected chi connectivity index (χ2v) is 7.26. The molecule has 1 unspecified atom stereocenters. The SMILES string of the molecule is NCCC(Oc1ccccc1Br)c1ccccc1.O=C(O)CCc1ccccc1. The van der Waals surface area contributed by atoms with Crippen molar-refractivity contribution in [3.05, 3.63) is 101 Å². The van der Waals surface area contributed by atoms with Crippen LogP contribution < -0.4 is 10.5 Å².